The van der Waals surface area contributed by atoms with Crippen molar-refractivity contribution in [2.45, 2.75) is 51.6 Å². The van der Waals surface area contributed by atoms with Crippen molar-refractivity contribution in [3.63, 3.8) is 0 Å². The molecule has 0 saturated heterocycles. The number of hydrogen-bond donors (Lipinski definition) is 0. The van der Waals surface area contributed by atoms with Crippen molar-refractivity contribution in [3.05, 3.63) is 29.8 Å². The second-order valence-electron chi connectivity index (χ2n) is 5.64. The Kier molecular flexibility index (Phi) is 7.28. The summed E-state index contributed by atoms with van der Waals surface area (Å²) in [5.41, 5.74) is 0. The van der Waals surface area contributed by atoms with Crippen molar-refractivity contribution < 1.29 is 41.2 Å². The maximum atomic E-state index is 14.1. The summed E-state index contributed by atoms with van der Waals surface area (Å²) < 4.78 is 59.1. The van der Waals surface area contributed by atoms with Crippen LogP contribution in [0.3, 0.4) is 0 Å². The van der Waals surface area contributed by atoms with E-state index < -0.39 is 29.4 Å². The second kappa shape index (κ2) is 8.26. The van der Waals surface area contributed by atoms with Crippen LogP contribution >= 0.6 is 0 Å². The van der Waals surface area contributed by atoms with E-state index in [1.807, 2.05) is 6.07 Å². The first-order valence-corrected chi connectivity index (χ1v) is 7.36. The maximum absolute atomic E-state index is 14.1. The monoisotopic (exact) mass is 310 g/mol. The van der Waals surface area contributed by atoms with Crippen molar-refractivity contribution in [1.82, 2.24) is 0 Å². The molecule has 1 aliphatic rings. The molecule has 118 valence electrons. The van der Waals surface area contributed by atoms with Gasteiger partial charge in [0.2, 0.25) is 0 Å². The van der Waals surface area contributed by atoms with E-state index in [1.54, 1.807) is 0 Å². The first kappa shape index (κ1) is 19.4. The van der Waals surface area contributed by atoms with Gasteiger partial charge in [-0.1, -0.05) is 19.8 Å². The van der Waals surface area contributed by atoms with Gasteiger partial charge in [0.25, 0.3) is 0 Å². The Hall–Kier alpha value is -0.663. The quantitative estimate of drug-likeness (QED) is 0.461. The summed E-state index contributed by atoms with van der Waals surface area (Å²) in [7, 11) is 0. The third-order valence-electron chi connectivity index (χ3n) is 4.12. The molecule has 1 aliphatic carbocycles. The van der Waals surface area contributed by atoms with E-state index in [1.165, 1.54) is 0 Å². The van der Waals surface area contributed by atoms with E-state index in [4.69, 9.17) is 0 Å². The predicted octanol–water partition coefficient (Wildman–Crippen LogP) is 2.35. The van der Waals surface area contributed by atoms with Gasteiger partial charge in [0, 0.05) is 5.82 Å². The van der Waals surface area contributed by atoms with Gasteiger partial charge >= 0.3 is 25.0 Å². The van der Waals surface area contributed by atoms with Crippen molar-refractivity contribution in [3.8, 4) is 5.75 Å². The molecule has 0 aromatic heterocycles. The van der Waals surface area contributed by atoms with Crippen LogP contribution < -0.4 is 23.6 Å². The Bertz CT molecular complexity index is 473. The van der Waals surface area contributed by atoms with Crippen LogP contribution in [0, 0.1) is 29.5 Å². The Morgan fingerprint density at radius 2 is 1.86 bits per heavy atom. The van der Waals surface area contributed by atoms with Crippen LogP contribution in [0.15, 0.2) is 12.1 Å². The minimum atomic E-state index is -3.48. The van der Waals surface area contributed by atoms with Crippen molar-refractivity contribution in [1.29, 1.82) is 0 Å². The second-order valence-corrected chi connectivity index (χ2v) is 5.64. The molecule has 0 radical (unpaired) electrons. The standard InChI is InChI=1S/C16H19F4O.Li/c1-2-4-11-7-9-12(10-8-11)16(19,20)21-14-6-3-5-13(17)15(14)18;/h3,6,11-12H,2,4,7-10H2,1H3;/q-1;+1. The molecular formula is C16H19F4LiO. The molecule has 0 heterocycles. The van der Waals surface area contributed by atoms with Gasteiger partial charge in [-0.15, -0.1) is 12.1 Å². The molecule has 1 saturated carbocycles. The number of ether oxygens (including phenoxy) is 1. The predicted molar refractivity (Wildman–Crippen MR) is 71.1 cm³/mol. The average Bonchev–Trinajstić information content (AvgIpc) is 2.45. The normalized spacial score (nSPS) is 22.0. The number of halogens is 4. The smallest absolute Gasteiger partial charge is 0.456 e. The number of alkyl halides is 2. The molecule has 0 spiro atoms. The van der Waals surface area contributed by atoms with Crippen LogP contribution in [-0.4, -0.2) is 6.11 Å². The van der Waals surface area contributed by atoms with E-state index in [9.17, 15) is 17.6 Å². The van der Waals surface area contributed by atoms with Crippen LogP contribution in [-0.2, 0) is 0 Å². The van der Waals surface area contributed by atoms with Crippen molar-refractivity contribution in [2.24, 2.45) is 11.8 Å². The van der Waals surface area contributed by atoms with Gasteiger partial charge in [0.15, 0.2) is 0 Å². The molecular weight excluding hydrogens is 291 g/mol. The van der Waals surface area contributed by atoms with Gasteiger partial charge in [0.1, 0.15) is 0 Å². The van der Waals surface area contributed by atoms with Gasteiger partial charge < -0.3 is 4.74 Å². The first-order chi connectivity index (χ1) is 9.94. The SMILES string of the molecule is CCCC1CCC(C(F)(F)Oc2cc[c-]c(F)c2F)CC1.[Li+]. The zero-order valence-electron chi connectivity index (χ0n) is 13.0. The molecule has 1 fully saturated rings. The van der Waals surface area contributed by atoms with E-state index in [0.717, 1.165) is 37.8 Å². The summed E-state index contributed by atoms with van der Waals surface area (Å²) in [6.07, 6.45) is 0.780. The van der Waals surface area contributed by atoms with Crippen LogP contribution in [0.4, 0.5) is 17.6 Å². The average molecular weight is 310 g/mol. The summed E-state index contributed by atoms with van der Waals surface area (Å²) in [4.78, 5) is 0. The van der Waals surface area contributed by atoms with Crippen molar-refractivity contribution in [2.75, 3.05) is 0 Å². The maximum Gasteiger partial charge on any atom is 1.00 e. The van der Waals surface area contributed by atoms with E-state index in [2.05, 4.69) is 11.7 Å². The molecule has 0 amide bonds. The summed E-state index contributed by atoms with van der Waals surface area (Å²) in [5.74, 6) is -3.95. The van der Waals surface area contributed by atoms with Gasteiger partial charge in [-0.25, -0.2) is 4.39 Å². The van der Waals surface area contributed by atoms with Crippen LogP contribution in [0.25, 0.3) is 0 Å². The first-order valence-electron chi connectivity index (χ1n) is 7.36. The molecule has 0 atom stereocenters. The Morgan fingerprint density at radius 1 is 1.23 bits per heavy atom. The molecule has 0 aliphatic heterocycles. The molecule has 22 heavy (non-hydrogen) atoms. The van der Waals surface area contributed by atoms with E-state index in [0.29, 0.717) is 18.8 Å². The number of hydrogen-bond acceptors (Lipinski definition) is 1. The molecule has 0 bridgehead atoms. The fourth-order valence-corrected chi connectivity index (χ4v) is 2.94. The van der Waals surface area contributed by atoms with Crippen LogP contribution in [0.1, 0.15) is 45.4 Å². The molecule has 0 unspecified atom stereocenters. The minimum Gasteiger partial charge on any atom is -0.456 e. The summed E-state index contributed by atoms with van der Waals surface area (Å²) in [6, 6.07) is 3.96. The largest absolute Gasteiger partial charge is 1.00 e. The summed E-state index contributed by atoms with van der Waals surface area (Å²) in [5, 5.41) is 0. The van der Waals surface area contributed by atoms with Crippen molar-refractivity contribution >= 4 is 0 Å². The van der Waals surface area contributed by atoms with E-state index in [-0.39, 0.29) is 18.9 Å². The third kappa shape index (κ3) is 4.66. The third-order valence-corrected chi connectivity index (χ3v) is 4.12. The zero-order chi connectivity index (χ0) is 15.5. The number of rotatable bonds is 5. The van der Waals surface area contributed by atoms with Crippen LogP contribution in [0.5, 0.6) is 5.75 Å². The van der Waals surface area contributed by atoms with Crippen LogP contribution in [0.2, 0.25) is 0 Å². The minimum absolute atomic E-state index is 0. The Balaban J connectivity index is 0.00000242. The fourth-order valence-electron chi connectivity index (χ4n) is 2.94. The fraction of sp³-hybridized carbons (Fsp3) is 0.625. The molecule has 1 aromatic carbocycles. The molecule has 6 heteroatoms. The Morgan fingerprint density at radius 3 is 2.45 bits per heavy atom. The van der Waals surface area contributed by atoms with Gasteiger partial charge in [-0.3, -0.25) is 4.39 Å². The molecule has 1 nitrogen and oxygen atoms in total. The zero-order valence-corrected chi connectivity index (χ0v) is 13.0. The topological polar surface area (TPSA) is 9.23 Å². The molecule has 2 rings (SSSR count). The van der Waals surface area contributed by atoms with Gasteiger partial charge in [0.05, 0.1) is 17.5 Å². The van der Waals surface area contributed by atoms with Gasteiger partial charge in [-0.2, -0.15) is 14.8 Å². The molecule has 0 N–H and O–H groups in total. The summed E-state index contributed by atoms with van der Waals surface area (Å²) in [6.45, 7) is 2.08. The van der Waals surface area contributed by atoms with Gasteiger partial charge in [-0.05, 0) is 31.6 Å². The number of benzene rings is 1. The van der Waals surface area contributed by atoms with E-state index >= 15 is 0 Å². The Labute approximate surface area is 140 Å². The summed E-state index contributed by atoms with van der Waals surface area (Å²) >= 11 is 0. The molecule has 1 aromatic rings.